The number of anilines is 1. The van der Waals surface area contributed by atoms with Crippen molar-refractivity contribution >= 4 is 21.6 Å². The molecule has 1 aromatic rings. The molecular formula is C17H25N3O4S. The minimum atomic E-state index is -2.87. The van der Waals surface area contributed by atoms with Gasteiger partial charge in [0.15, 0.2) is 9.84 Å². The quantitative estimate of drug-likeness (QED) is 0.871. The van der Waals surface area contributed by atoms with E-state index in [-0.39, 0.29) is 23.6 Å². The van der Waals surface area contributed by atoms with E-state index in [0.717, 1.165) is 0 Å². The Hall–Kier alpha value is -1.80. The topological polar surface area (TPSA) is 79.0 Å². The molecule has 0 saturated carbocycles. The average Bonchev–Trinajstić information content (AvgIpc) is 2.97. The van der Waals surface area contributed by atoms with Crippen molar-refractivity contribution in [3.63, 3.8) is 0 Å². The first-order chi connectivity index (χ1) is 12.0. The molecule has 3 rings (SSSR count). The molecule has 1 aromatic carbocycles. The number of carbonyl (C=O) groups is 1. The lowest BCUT2D eigenvalue weighted by atomic mass is 10.2. The lowest BCUT2D eigenvalue weighted by molar-refractivity contribution is 0.121. The smallest absolute Gasteiger partial charge is 0.322 e. The van der Waals surface area contributed by atoms with Crippen LogP contribution in [0.25, 0.3) is 0 Å². The van der Waals surface area contributed by atoms with Gasteiger partial charge in [0.25, 0.3) is 0 Å². The first-order valence-corrected chi connectivity index (χ1v) is 10.5. The van der Waals surface area contributed by atoms with Gasteiger partial charge in [-0.3, -0.25) is 4.90 Å². The fourth-order valence-electron chi connectivity index (χ4n) is 3.40. The van der Waals surface area contributed by atoms with E-state index >= 15 is 0 Å². The standard InChI is InChI=1S/C17H25N3O4S/c1-2-24-16-6-4-3-5-15(16)18-17(21)20-10-8-19(9-11-20)14-7-12-25(22,23)13-14/h3-6,14H,2,7-13H2,1H3,(H,18,21). The molecule has 2 amide bonds. The monoisotopic (exact) mass is 367 g/mol. The van der Waals surface area contributed by atoms with Gasteiger partial charge in [0, 0.05) is 32.2 Å². The number of amides is 2. The molecule has 1 unspecified atom stereocenters. The highest BCUT2D eigenvalue weighted by molar-refractivity contribution is 7.91. The van der Waals surface area contributed by atoms with Crippen LogP contribution in [-0.4, -0.2) is 74.6 Å². The van der Waals surface area contributed by atoms with Crippen molar-refractivity contribution in [2.75, 3.05) is 49.6 Å². The van der Waals surface area contributed by atoms with Gasteiger partial charge >= 0.3 is 6.03 Å². The number of nitrogens with one attached hydrogen (secondary N) is 1. The molecule has 2 aliphatic rings. The van der Waals surface area contributed by atoms with Crippen LogP contribution in [0.4, 0.5) is 10.5 Å². The maximum absolute atomic E-state index is 12.5. The van der Waals surface area contributed by atoms with Crippen molar-refractivity contribution in [2.24, 2.45) is 0 Å². The number of hydrogen-bond acceptors (Lipinski definition) is 5. The van der Waals surface area contributed by atoms with Gasteiger partial charge in [-0.2, -0.15) is 0 Å². The zero-order valence-corrected chi connectivity index (χ0v) is 15.3. The van der Waals surface area contributed by atoms with Gasteiger partial charge in [-0.25, -0.2) is 13.2 Å². The number of piperazine rings is 1. The molecule has 138 valence electrons. The zero-order valence-electron chi connectivity index (χ0n) is 14.5. The number of hydrogen-bond donors (Lipinski definition) is 1. The molecule has 1 N–H and O–H groups in total. The van der Waals surface area contributed by atoms with Crippen molar-refractivity contribution in [1.82, 2.24) is 9.80 Å². The molecule has 0 bridgehead atoms. The van der Waals surface area contributed by atoms with Gasteiger partial charge in [0.1, 0.15) is 5.75 Å². The Morgan fingerprint density at radius 1 is 1.24 bits per heavy atom. The van der Waals surface area contributed by atoms with Crippen LogP contribution in [0, 0.1) is 0 Å². The summed E-state index contributed by atoms with van der Waals surface area (Å²) in [4.78, 5) is 16.5. The number of carbonyl (C=O) groups excluding carboxylic acids is 1. The zero-order chi connectivity index (χ0) is 17.9. The third kappa shape index (κ3) is 4.43. The summed E-state index contributed by atoms with van der Waals surface area (Å²) in [5.74, 6) is 1.20. The fraction of sp³-hybridized carbons (Fsp3) is 0.588. The van der Waals surface area contributed by atoms with Gasteiger partial charge in [-0.05, 0) is 25.5 Å². The molecule has 0 spiro atoms. The summed E-state index contributed by atoms with van der Waals surface area (Å²) in [5, 5.41) is 2.91. The van der Waals surface area contributed by atoms with Gasteiger partial charge < -0.3 is 15.0 Å². The molecule has 7 nitrogen and oxygen atoms in total. The van der Waals surface area contributed by atoms with Crippen LogP contribution in [0.15, 0.2) is 24.3 Å². The molecule has 0 radical (unpaired) electrons. The summed E-state index contributed by atoms with van der Waals surface area (Å²) in [7, 11) is -2.87. The van der Waals surface area contributed by atoms with Crippen molar-refractivity contribution in [3.8, 4) is 5.75 Å². The second kappa shape index (κ2) is 7.61. The van der Waals surface area contributed by atoms with Crippen LogP contribution < -0.4 is 10.1 Å². The normalized spacial score (nSPS) is 23.4. The third-order valence-corrected chi connectivity index (χ3v) is 6.51. The maximum atomic E-state index is 12.5. The molecule has 25 heavy (non-hydrogen) atoms. The maximum Gasteiger partial charge on any atom is 0.322 e. The Bertz CT molecular complexity index is 714. The first kappa shape index (κ1) is 18.0. The highest BCUT2D eigenvalue weighted by Gasteiger charge is 2.34. The van der Waals surface area contributed by atoms with E-state index in [1.54, 1.807) is 4.90 Å². The summed E-state index contributed by atoms with van der Waals surface area (Å²) < 4.78 is 28.8. The second-order valence-electron chi connectivity index (χ2n) is 6.44. The Labute approximate surface area is 148 Å². The third-order valence-electron chi connectivity index (χ3n) is 4.75. The van der Waals surface area contributed by atoms with Crippen molar-refractivity contribution in [3.05, 3.63) is 24.3 Å². The number of ether oxygens (including phenoxy) is 1. The SMILES string of the molecule is CCOc1ccccc1NC(=O)N1CCN(C2CCS(=O)(=O)C2)CC1. The predicted octanol–water partition coefficient (Wildman–Crippen LogP) is 1.42. The minimum Gasteiger partial charge on any atom is -0.492 e. The number of urea groups is 1. The number of benzene rings is 1. The Morgan fingerprint density at radius 2 is 1.96 bits per heavy atom. The molecule has 2 fully saturated rings. The van der Waals surface area contributed by atoms with Crippen LogP contribution in [0.1, 0.15) is 13.3 Å². The van der Waals surface area contributed by atoms with Crippen LogP contribution in [0.3, 0.4) is 0 Å². The molecule has 1 atom stereocenters. The fourth-order valence-corrected chi connectivity index (χ4v) is 5.16. The number of sulfone groups is 1. The Morgan fingerprint density at radius 3 is 2.60 bits per heavy atom. The summed E-state index contributed by atoms with van der Waals surface area (Å²) in [5.41, 5.74) is 0.665. The lowest BCUT2D eigenvalue weighted by Gasteiger charge is -2.37. The molecule has 2 aliphatic heterocycles. The van der Waals surface area contributed by atoms with E-state index in [2.05, 4.69) is 10.2 Å². The van der Waals surface area contributed by atoms with Gasteiger partial charge in [0.05, 0.1) is 23.8 Å². The van der Waals surface area contributed by atoms with E-state index in [1.807, 2.05) is 31.2 Å². The largest absolute Gasteiger partial charge is 0.492 e. The van der Waals surface area contributed by atoms with Gasteiger partial charge in [-0.1, -0.05) is 12.1 Å². The first-order valence-electron chi connectivity index (χ1n) is 8.71. The summed E-state index contributed by atoms with van der Waals surface area (Å²) in [6.45, 7) is 5.05. The predicted molar refractivity (Wildman–Crippen MR) is 96.8 cm³/mol. The van der Waals surface area contributed by atoms with E-state index in [4.69, 9.17) is 4.74 Å². The lowest BCUT2D eigenvalue weighted by Crippen LogP contribution is -2.53. The highest BCUT2D eigenvalue weighted by Crippen LogP contribution is 2.24. The Kier molecular flexibility index (Phi) is 5.48. The molecule has 0 aliphatic carbocycles. The highest BCUT2D eigenvalue weighted by atomic mass is 32.2. The summed E-state index contributed by atoms with van der Waals surface area (Å²) >= 11 is 0. The number of rotatable bonds is 4. The average molecular weight is 367 g/mol. The van der Waals surface area contributed by atoms with Crippen LogP contribution >= 0.6 is 0 Å². The van der Waals surface area contributed by atoms with Crippen molar-refractivity contribution in [2.45, 2.75) is 19.4 Å². The summed E-state index contributed by atoms with van der Waals surface area (Å²) in [6, 6.07) is 7.34. The molecule has 2 saturated heterocycles. The molecular weight excluding hydrogens is 342 g/mol. The van der Waals surface area contributed by atoms with Crippen LogP contribution in [-0.2, 0) is 9.84 Å². The van der Waals surface area contributed by atoms with E-state index in [0.29, 0.717) is 50.6 Å². The van der Waals surface area contributed by atoms with E-state index < -0.39 is 9.84 Å². The van der Waals surface area contributed by atoms with Crippen LogP contribution in [0.2, 0.25) is 0 Å². The van der Waals surface area contributed by atoms with Crippen molar-refractivity contribution in [1.29, 1.82) is 0 Å². The number of nitrogens with zero attached hydrogens (tertiary/aromatic N) is 2. The van der Waals surface area contributed by atoms with E-state index in [1.165, 1.54) is 0 Å². The minimum absolute atomic E-state index is 0.105. The number of para-hydroxylation sites is 2. The van der Waals surface area contributed by atoms with Crippen LogP contribution in [0.5, 0.6) is 5.75 Å². The van der Waals surface area contributed by atoms with E-state index in [9.17, 15) is 13.2 Å². The molecule has 0 aromatic heterocycles. The van der Waals surface area contributed by atoms with Gasteiger partial charge in [-0.15, -0.1) is 0 Å². The summed E-state index contributed by atoms with van der Waals surface area (Å²) in [6.07, 6.45) is 0.705. The second-order valence-corrected chi connectivity index (χ2v) is 8.67. The molecule has 8 heteroatoms. The van der Waals surface area contributed by atoms with Gasteiger partial charge in [0.2, 0.25) is 0 Å². The Balaban J connectivity index is 1.54. The molecule has 2 heterocycles. The van der Waals surface area contributed by atoms with Crippen molar-refractivity contribution < 1.29 is 17.9 Å².